The largest absolute Gasteiger partial charge is 0.465 e. The third kappa shape index (κ3) is 5.60. The number of ether oxygens (including phenoxy) is 1. The Kier molecular flexibility index (Phi) is 7.80. The number of sulfonamides is 1. The molecule has 7 nitrogen and oxygen atoms in total. The highest BCUT2D eigenvalue weighted by Crippen LogP contribution is 2.32. The van der Waals surface area contributed by atoms with Crippen LogP contribution < -0.4 is 5.32 Å². The highest BCUT2D eigenvalue weighted by atomic mass is 32.2. The summed E-state index contributed by atoms with van der Waals surface area (Å²) in [5.41, 5.74) is 5.62. The highest BCUT2D eigenvalue weighted by Gasteiger charge is 2.40. The number of aryl methyl sites for hydroxylation is 3. The molecule has 0 aromatic heterocycles. The Bertz CT molecular complexity index is 1410. The molecule has 0 saturated carbocycles. The molecular weight excluding hydrogens is 488 g/mol. The van der Waals surface area contributed by atoms with Gasteiger partial charge in [-0.1, -0.05) is 54.1 Å². The van der Waals surface area contributed by atoms with Gasteiger partial charge >= 0.3 is 5.97 Å². The van der Waals surface area contributed by atoms with E-state index in [4.69, 9.17) is 4.74 Å². The zero-order chi connectivity index (χ0) is 26.7. The normalized spacial score (nSPS) is 15.6. The molecule has 0 bridgehead atoms. The van der Waals surface area contributed by atoms with Gasteiger partial charge in [-0.15, -0.1) is 0 Å². The molecule has 194 valence electrons. The molecule has 0 fully saturated rings. The van der Waals surface area contributed by atoms with Crippen LogP contribution in [0, 0.1) is 20.8 Å². The molecular formula is C29H32N2O5S. The Balaban J connectivity index is 1.56. The molecule has 0 saturated heterocycles. The first-order valence-electron chi connectivity index (χ1n) is 12.2. The van der Waals surface area contributed by atoms with Crippen molar-refractivity contribution in [2.45, 2.75) is 51.1 Å². The molecule has 1 amide bonds. The van der Waals surface area contributed by atoms with Crippen molar-refractivity contribution in [1.29, 1.82) is 0 Å². The van der Waals surface area contributed by atoms with Crippen LogP contribution in [0.25, 0.3) is 0 Å². The molecule has 1 aliphatic heterocycles. The van der Waals surface area contributed by atoms with Crippen LogP contribution in [0.2, 0.25) is 0 Å². The van der Waals surface area contributed by atoms with E-state index in [1.54, 1.807) is 26.0 Å². The van der Waals surface area contributed by atoms with E-state index in [0.29, 0.717) is 36.1 Å². The third-order valence-electron chi connectivity index (χ3n) is 6.77. The van der Waals surface area contributed by atoms with Gasteiger partial charge in [0.1, 0.15) is 6.04 Å². The highest BCUT2D eigenvalue weighted by molar-refractivity contribution is 7.89. The second-order valence-corrected chi connectivity index (χ2v) is 11.3. The number of carbonyl (C=O) groups excluding carboxylic acids is 2. The molecule has 0 spiro atoms. The zero-order valence-electron chi connectivity index (χ0n) is 21.6. The molecule has 3 aromatic carbocycles. The predicted molar refractivity (Wildman–Crippen MR) is 142 cm³/mol. The van der Waals surface area contributed by atoms with Gasteiger partial charge in [0, 0.05) is 13.1 Å². The number of methoxy groups -OCH3 is 1. The number of hydrogen-bond acceptors (Lipinski definition) is 5. The quantitative estimate of drug-likeness (QED) is 0.478. The lowest BCUT2D eigenvalue weighted by atomic mass is 9.95. The summed E-state index contributed by atoms with van der Waals surface area (Å²) in [5.74, 6) is -0.732. The van der Waals surface area contributed by atoms with E-state index < -0.39 is 22.0 Å². The standard InChI is InChI=1S/C29H32N2O5S/c1-19-15-20(2)27(21(3)16-19)37(34,35)31-18-25-8-6-5-7-24(25)17-26(31)28(32)30-14-13-22-9-11-23(12-10-22)29(33)36-4/h5-12,15-16,26H,13-14,17-18H2,1-4H3,(H,30,32). The van der Waals surface area contributed by atoms with Crippen LogP contribution in [0.5, 0.6) is 0 Å². The van der Waals surface area contributed by atoms with Crippen molar-refractivity contribution in [2.75, 3.05) is 13.7 Å². The average Bonchev–Trinajstić information content (AvgIpc) is 2.87. The van der Waals surface area contributed by atoms with E-state index in [0.717, 1.165) is 22.3 Å². The molecule has 1 atom stereocenters. The van der Waals surface area contributed by atoms with E-state index in [2.05, 4.69) is 5.32 Å². The van der Waals surface area contributed by atoms with Gasteiger partial charge in [-0.25, -0.2) is 13.2 Å². The fraction of sp³-hybridized carbons (Fsp3) is 0.310. The minimum absolute atomic E-state index is 0.137. The fourth-order valence-corrected chi connectivity index (χ4v) is 7.02. The lowest BCUT2D eigenvalue weighted by molar-refractivity contribution is -0.125. The fourth-order valence-electron chi connectivity index (χ4n) is 5.04. The molecule has 1 unspecified atom stereocenters. The molecule has 4 rings (SSSR count). The maximum atomic E-state index is 14.0. The summed E-state index contributed by atoms with van der Waals surface area (Å²) >= 11 is 0. The minimum atomic E-state index is -3.94. The number of fused-ring (bicyclic) bond motifs is 1. The van der Waals surface area contributed by atoms with Crippen molar-refractivity contribution in [2.24, 2.45) is 0 Å². The first-order valence-corrected chi connectivity index (χ1v) is 13.7. The van der Waals surface area contributed by atoms with Gasteiger partial charge < -0.3 is 10.1 Å². The maximum Gasteiger partial charge on any atom is 0.337 e. The summed E-state index contributed by atoms with van der Waals surface area (Å²) in [6.45, 7) is 6.01. The van der Waals surface area contributed by atoms with Crippen LogP contribution in [-0.2, 0) is 38.9 Å². The Morgan fingerprint density at radius 3 is 2.22 bits per heavy atom. The van der Waals surface area contributed by atoms with Crippen LogP contribution in [0.3, 0.4) is 0 Å². The first-order chi connectivity index (χ1) is 17.6. The molecule has 0 radical (unpaired) electrons. The van der Waals surface area contributed by atoms with Crippen LogP contribution in [-0.4, -0.2) is 44.3 Å². The van der Waals surface area contributed by atoms with Crippen molar-refractivity contribution in [3.05, 3.63) is 99.6 Å². The predicted octanol–water partition coefficient (Wildman–Crippen LogP) is 3.87. The van der Waals surface area contributed by atoms with Gasteiger partial charge in [0.2, 0.25) is 15.9 Å². The summed E-state index contributed by atoms with van der Waals surface area (Å²) in [7, 11) is -2.61. The number of rotatable bonds is 7. The molecule has 37 heavy (non-hydrogen) atoms. The summed E-state index contributed by atoms with van der Waals surface area (Å²) in [5, 5.41) is 2.94. The van der Waals surface area contributed by atoms with E-state index >= 15 is 0 Å². The zero-order valence-corrected chi connectivity index (χ0v) is 22.4. The Labute approximate surface area is 218 Å². The molecule has 3 aromatic rings. The number of esters is 1. The van der Waals surface area contributed by atoms with E-state index in [1.165, 1.54) is 11.4 Å². The van der Waals surface area contributed by atoms with Gasteiger partial charge in [0.15, 0.2) is 0 Å². The van der Waals surface area contributed by atoms with Gasteiger partial charge in [0.25, 0.3) is 0 Å². The number of amides is 1. The molecule has 1 N–H and O–H groups in total. The number of nitrogens with one attached hydrogen (secondary N) is 1. The number of nitrogens with zero attached hydrogens (tertiary/aromatic N) is 1. The topological polar surface area (TPSA) is 92.8 Å². The Morgan fingerprint density at radius 2 is 1.59 bits per heavy atom. The first kappa shape index (κ1) is 26.6. The van der Waals surface area contributed by atoms with Gasteiger partial charge in [-0.3, -0.25) is 4.79 Å². The number of hydrogen-bond donors (Lipinski definition) is 1. The second-order valence-electron chi connectivity index (χ2n) is 9.50. The Morgan fingerprint density at radius 1 is 0.973 bits per heavy atom. The molecule has 8 heteroatoms. The average molecular weight is 521 g/mol. The van der Waals surface area contributed by atoms with Crippen molar-refractivity contribution in [1.82, 2.24) is 9.62 Å². The number of carbonyl (C=O) groups is 2. The summed E-state index contributed by atoms with van der Waals surface area (Å²) < 4.78 is 34.0. The summed E-state index contributed by atoms with van der Waals surface area (Å²) in [6, 6.07) is 17.5. The maximum absolute atomic E-state index is 14.0. The van der Waals surface area contributed by atoms with Gasteiger partial charge in [0.05, 0.1) is 17.6 Å². The van der Waals surface area contributed by atoms with Crippen LogP contribution in [0.15, 0.2) is 65.6 Å². The lowest BCUT2D eigenvalue weighted by Crippen LogP contribution is -2.52. The van der Waals surface area contributed by atoms with E-state index in [9.17, 15) is 18.0 Å². The SMILES string of the molecule is COC(=O)c1ccc(CCNC(=O)C2Cc3ccccc3CN2S(=O)(=O)c2c(C)cc(C)cc2C)cc1. The molecule has 0 aliphatic carbocycles. The summed E-state index contributed by atoms with van der Waals surface area (Å²) in [6.07, 6.45) is 0.846. The molecule has 1 heterocycles. The van der Waals surface area contributed by atoms with Crippen molar-refractivity contribution < 1.29 is 22.7 Å². The van der Waals surface area contributed by atoms with Crippen LogP contribution >= 0.6 is 0 Å². The second kappa shape index (κ2) is 10.9. The van der Waals surface area contributed by atoms with Crippen molar-refractivity contribution in [3.63, 3.8) is 0 Å². The van der Waals surface area contributed by atoms with Crippen molar-refractivity contribution in [3.8, 4) is 0 Å². The van der Waals surface area contributed by atoms with Crippen LogP contribution in [0.4, 0.5) is 0 Å². The van der Waals surface area contributed by atoms with Crippen LogP contribution in [0.1, 0.15) is 43.7 Å². The van der Waals surface area contributed by atoms with E-state index in [-0.39, 0.29) is 17.3 Å². The van der Waals surface area contributed by atoms with Gasteiger partial charge in [-0.2, -0.15) is 4.31 Å². The lowest BCUT2D eigenvalue weighted by Gasteiger charge is -2.35. The smallest absolute Gasteiger partial charge is 0.337 e. The van der Waals surface area contributed by atoms with E-state index in [1.807, 2.05) is 55.5 Å². The number of benzene rings is 3. The summed E-state index contributed by atoms with van der Waals surface area (Å²) in [4.78, 5) is 25.3. The van der Waals surface area contributed by atoms with Gasteiger partial charge in [-0.05, 0) is 73.6 Å². The minimum Gasteiger partial charge on any atom is -0.465 e. The monoisotopic (exact) mass is 520 g/mol. The van der Waals surface area contributed by atoms with Crippen molar-refractivity contribution >= 4 is 21.9 Å². The Hall–Kier alpha value is -3.49. The molecule has 1 aliphatic rings. The third-order valence-corrected chi connectivity index (χ3v) is 8.93.